The number of ether oxygens (including phenoxy) is 2. The van der Waals surface area contributed by atoms with Crippen molar-refractivity contribution in [2.75, 3.05) is 63.5 Å². The highest BCUT2D eigenvalue weighted by atomic mass is 32.1. The van der Waals surface area contributed by atoms with Gasteiger partial charge in [-0.25, -0.2) is 13.8 Å². The number of benzene rings is 2. The Hall–Kier alpha value is -5.09. The molecule has 0 amide bonds. The summed E-state index contributed by atoms with van der Waals surface area (Å²) in [5.74, 6) is -2.83. The van der Waals surface area contributed by atoms with Crippen LogP contribution in [-0.4, -0.2) is 78.1 Å². The van der Waals surface area contributed by atoms with Crippen molar-refractivity contribution < 1.29 is 36.3 Å². The smallest absolute Gasteiger partial charge is 0.420 e. The van der Waals surface area contributed by atoms with Gasteiger partial charge in [0.15, 0.2) is 5.82 Å². The van der Waals surface area contributed by atoms with Crippen molar-refractivity contribution in [1.82, 2.24) is 24.9 Å². The fourth-order valence-electron chi connectivity index (χ4n) is 7.34. The predicted molar refractivity (Wildman–Crippen MR) is 189 cm³/mol. The molecule has 278 valence electrons. The van der Waals surface area contributed by atoms with Crippen molar-refractivity contribution in [3.63, 3.8) is 0 Å². The molecule has 3 aliphatic heterocycles. The molecule has 2 saturated heterocycles. The first-order chi connectivity index (χ1) is 25.4. The lowest BCUT2D eigenvalue weighted by Gasteiger charge is -2.30. The Morgan fingerprint density at radius 2 is 1.91 bits per heavy atom. The first-order valence-electron chi connectivity index (χ1n) is 16.6. The van der Waals surface area contributed by atoms with Crippen molar-refractivity contribution in [2.45, 2.75) is 38.0 Å². The zero-order valence-corrected chi connectivity index (χ0v) is 29.6. The van der Waals surface area contributed by atoms with Gasteiger partial charge in [0.25, 0.3) is 0 Å². The van der Waals surface area contributed by atoms with Crippen molar-refractivity contribution in [1.29, 1.82) is 5.26 Å². The van der Waals surface area contributed by atoms with E-state index in [4.69, 9.17) is 25.8 Å². The third-order valence-corrected chi connectivity index (χ3v) is 10.8. The number of alkyl halides is 3. The number of nitrogen functional groups attached to an aromatic ring is 2. The number of hydrogen-bond donors (Lipinski definition) is 2. The SMILES string of the molecule is CON1CC2CCCN2C1.COc1nc2c3c(c(C(F)(F)F)c(-c4ccc(F)c5sc(N)c(C#N)c45)c(F)c3n1)OCCN2C(C)c1cccnc1N. The van der Waals surface area contributed by atoms with Crippen molar-refractivity contribution in [3.05, 3.63) is 58.8 Å². The van der Waals surface area contributed by atoms with Crippen molar-refractivity contribution >= 4 is 49.0 Å². The first-order valence-corrected chi connectivity index (χ1v) is 17.4. The first kappa shape index (κ1) is 36.3. The normalized spacial score (nSPS) is 17.9. The van der Waals surface area contributed by atoms with Gasteiger partial charge in [-0.2, -0.15) is 33.5 Å². The molecular formula is C35H34F5N9O3S. The Balaban J connectivity index is 0.000000373. The minimum absolute atomic E-state index is 0.0220. The average molecular weight is 756 g/mol. The Kier molecular flexibility index (Phi) is 9.61. The van der Waals surface area contributed by atoms with Gasteiger partial charge in [0.1, 0.15) is 52.0 Å². The standard InChI is InChI=1S/C28H20F5N7O2S.C7H14N2O/c1-11(12-4-3-7-37-24(12)35)40-8-9-42-22-18-21(38-27(41-2)39-26(18)40)20(30)17(19(22)28(31,32)33)13-5-6-15(29)23-16(13)14(10-34)25(36)43-23;1-10-9-5-7-3-2-4-8(7)6-9/h3-7,11H,8-9,36H2,1-2H3,(H2,35,37);7H,2-6H2,1H3. The number of fused-ring (bicyclic) bond motifs is 2. The molecule has 0 saturated carbocycles. The Morgan fingerprint density at radius 3 is 2.58 bits per heavy atom. The molecule has 0 aliphatic carbocycles. The maximum atomic E-state index is 16.7. The van der Waals surface area contributed by atoms with Crippen LogP contribution in [0.25, 0.3) is 32.1 Å². The minimum atomic E-state index is -5.18. The Morgan fingerprint density at radius 1 is 1.11 bits per heavy atom. The second-order valence-corrected chi connectivity index (χ2v) is 13.7. The topological polar surface area (TPSA) is 152 Å². The molecule has 8 rings (SSSR count). The van der Waals surface area contributed by atoms with Crippen LogP contribution in [0.1, 0.15) is 42.5 Å². The van der Waals surface area contributed by atoms with Crippen LogP contribution in [0.15, 0.2) is 30.5 Å². The average Bonchev–Trinajstić information content (AvgIpc) is 3.80. The molecule has 4 N–H and O–H groups in total. The van der Waals surface area contributed by atoms with E-state index in [1.54, 1.807) is 37.1 Å². The summed E-state index contributed by atoms with van der Waals surface area (Å²) in [6.45, 7) is 4.89. The van der Waals surface area contributed by atoms with E-state index >= 15 is 17.6 Å². The quantitative estimate of drug-likeness (QED) is 0.189. The Bertz CT molecular complexity index is 2250. The molecule has 0 spiro atoms. The minimum Gasteiger partial charge on any atom is -0.490 e. The molecule has 0 bridgehead atoms. The number of hydroxylamine groups is 2. The summed E-state index contributed by atoms with van der Waals surface area (Å²) in [6, 6.07) is 6.92. The molecular weight excluding hydrogens is 722 g/mol. The summed E-state index contributed by atoms with van der Waals surface area (Å²) in [5.41, 5.74) is 8.91. The van der Waals surface area contributed by atoms with Crippen LogP contribution in [0.2, 0.25) is 0 Å². The molecule has 6 heterocycles. The maximum Gasteiger partial charge on any atom is 0.420 e. The fourth-order valence-corrected chi connectivity index (χ4v) is 8.28. The second-order valence-electron chi connectivity index (χ2n) is 12.7. The highest BCUT2D eigenvalue weighted by molar-refractivity contribution is 7.23. The van der Waals surface area contributed by atoms with E-state index in [0.717, 1.165) is 31.4 Å². The van der Waals surface area contributed by atoms with E-state index in [2.05, 4.69) is 19.9 Å². The second kappa shape index (κ2) is 14.0. The zero-order valence-electron chi connectivity index (χ0n) is 28.8. The third-order valence-electron chi connectivity index (χ3n) is 9.82. The number of rotatable bonds is 5. The van der Waals surface area contributed by atoms with Crippen molar-refractivity contribution in [3.8, 4) is 29.0 Å². The van der Waals surface area contributed by atoms with E-state index in [1.165, 1.54) is 32.7 Å². The monoisotopic (exact) mass is 755 g/mol. The number of methoxy groups -OCH3 is 1. The van der Waals surface area contributed by atoms with Gasteiger partial charge in [-0.15, -0.1) is 11.3 Å². The summed E-state index contributed by atoms with van der Waals surface area (Å²) in [6.07, 6.45) is -0.946. The number of nitriles is 1. The zero-order chi connectivity index (χ0) is 37.8. The molecule has 2 atom stereocenters. The van der Waals surface area contributed by atoms with Crippen LogP contribution in [0.4, 0.5) is 38.6 Å². The number of halogens is 5. The van der Waals surface area contributed by atoms with E-state index in [9.17, 15) is 9.65 Å². The van der Waals surface area contributed by atoms with E-state index < -0.39 is 51.8 Å². The summed E-state index contributed by atoms with van der Waals surface area (Å²) in [7, 11) is 2.98. The number of aromatic nitrogens is 3. The molecule has 12 nitrogen and oxygen atoms in total. The van der Waals surface area contributed by atoms with Gasteiger partial charge in [-0.1, -0.05) is 12.1 Å². The summed E-state index contributed by atoms with van der Waals surface area (Å²) >= 11 is 0.675. The van der Waals surface area contributed by atoms with E-state index in [0.29, 0.717) is 16.9 Å². The lowest BCUT2D eigenvalue weighted by atomic mass is 9.91. The summed E-state index contributed by atoms with van der Waals surface area (Å²) in [5, 5.41) is 11.1. The van der Waals surface area contributed by atoms with Crippen molar-refractivity contribution in [2.24, 2.45) is 0 Å². The van der Waals surface area contributed by atoms with Gasteiger partial charge in [0, 0.05) is 35.3 Å². The predicted octanol–water partition coefficient (Wildman–Crippen LogP) is 6.49. The molecule has 2 fully saturated rings. The molecule has 2 unspecified atom stereocenters. The van der Waals surface area contributed by atoms with E-state index in [-0.39, 0.29) is 56.8 Å². The highest BCUT2D eigenvalue weighted by Gasteiger charge is 2.44. The van der Waals surface area contributed by atoms with Gasteiger partial charge in [-0.3, -0.25) is 4.90 Å². The summed E-state index contributed by atoms with van der Waals surface area (Å²) < 4.78 is 87.5. The number of hydrogen-bond acceptors (Lipinski definition) is 13. The van der Waals surface area contributed by atoms with Crippen LogP contribution < -0.4 is 25.8 Å². The number of nitrogens with two attached hydrogens (primary N) is 2. The molecule has 53 heavy (non-hydrogen) atoms. The lowest BCUT2D eigenvalue weighted by molar-refractivity contribution is -0.138. The molecule has 0 radical (unpaired) electrons. The summed E-state index contributed by atoms with van der Waals surface area (Å²) in [4.78, 5) is 21.8. The molecule has 3 aliphatic rings. The number of nitrogens with zero attached hydrogens (tertiary/aromatic N) is 7. The van der Waals surface area contributed by atoms with Crippen LogP contribution in [0.5, 0.6) is 11.8 Å². The molecule has 2 aromatic carbocycles. The molecule has 18 heteroatoms. The maximum absolute atomic E-state index is 16.7. The Labute approximate surface area is 304 Å². The lowest BCUT2D eigenvalue weighted by Crippen LogP contribution is -2.31. The fraction of sp³-hybridized carbons (Fsp3) is 0.371. The van der Waals surface area contributed by atoms with Crippen LogP contribution in [-0.2, 0) is 11.0 Å². The van der Waals surface area contributed by atoms with E-state index in [1.807, 2.05) is 5.06 Å². The van der Waals surface area contributed by atoms with Gasteiger partial charge < -0.3 is 30.7 Å². The van der Waals surface area contributed by atoms with Gasteiger partial charge in [0.2, 0.25) is 0 Å². The largest absolute Gasteiger partial charge is 0.490 e. The number of anilines is 3. The van der Waals surface area contributed by atoms with Crippen LogP contribution >= 0.6 is 11.3 Å². The molecule has 3 aromatic heterocycles. The number of pyridine rings is 1. The van der Waals surface area contributed by atoms with Gasteiger partial charge in [-0.05, 0) is 44.0 Å². The van der Waals surface area contributed by atoms with Crippen LogP contribution in [0, 0.1) is 23.0 Å². The van der Waals surface area contributed by atoms with Crippen LogP contribution in [0.3, 0.4) is 0 Å². The van der Waals surface area contributed by atoms with Gasteiger partial charge in [0.05, 0.1) is 49.1 Å². The third kappa shape index (κ3) is 6.26. The number of thiophene rings is 1. The highest BCUT2D eigenvalue weighted by Crippen LogP contribution is 2.53. The molecule has 5 aromatic rings. The van der Waals surface area contributed by atoms with Gasteiger partial charge >= 0.3 is 12.2 Å².